The van der Waals surface area contributed by atoms with E-state index in [4.69, 9.17) is 14.2 Å². The quantitative estimate of drug-likeness (QED) is 0.576. The van der Waals surface area contributed by atoms with Gasteiger partial charge in [-0.05, 0) is 44.9 Å². The summed E-state index contributed by atoms with van der Waals surface area (Å²) in [4.78, 5) is 25.2. The number of hydrogen-bond donors (Lipinski definition) is 1. The third kappa shape index (κ3) is 1.81. The van der Waals surface area contributed by atoms with Crippen molar-refractivity contribution in [3.8, 4) is 0 Å². The number of hydrogen-bond acceptors (Lipinski definition) is 6. The van der Waals surface area contributed by atoms with Crippen molar-refractivity contribution < 1.29 is 28.9 Å². The maximum absolute atomic E-state index is 12.7. The first-order valence-corrected chi connectivity index (χ1v) is 8.44. The summed E-state index contributed by atoms with van der Waals surface area (Å²) in [5.41, 5.74) is -1.31. The highest BCUT2D eigenvalue weighted by Crippen LogP contribution is 2.60. The fraction of sp³-hybridized carbons (Fsp3) is 0.579. The van der Waals surface area contributed by atoms with Gasteiger partial charge in [-0.2, -0.15) is 0 Å². The molecule has 6 atom stereocenters. The average molecular weight is 346 g/mol. The third-order valence-electron chi connectivity index (χ3n) is 6.20. The highest BCUT2D eigenvalue weighted by atomic mass is 16.7. The summed E-state index contributed by atoms with van der Waals surface area (Å²) >= 11 is 0. The van der Waals surface area contributed by atoms with Crippen LogP contribution in [0.1, 0.15) is 34.1 Å². The molecule has 0 aromatic heterocycles. The Morgan fingerprint density at radius 3 is 2.68 bits per heavy atom. The second kappa shape index (κ2) is 4.62. The molecule has 2 bridgehead atoms. The van der Waals surface area contributed by atoms with Crippen LogP contribution in [0.15, 0.2) is 35.6 Å². The van der Waals surface area contributed by atoms with Gasteiger partial charge in [-0.25, -0.2) is 0 Å². The molecule has 0 radical (unpaired) electrons. The number of carbonyl (C=O) groups excluding carboxylic acids is 2. The molecule has 1 N–H and O–H groups in total. The normalized spacial score (nSPS) is 49.9. The summed E-state index contributed by atoms with van der Waals surface area (Å²) in [7, 11) is 0. The molecule has 6 heteroatoms. The number of fused-ring (bicyclic) bond motifs is 2. The highest BCUT2D eigenvalue weighted by Gasteiger charge is 2.74. The van der Waals surface area contributed by atoms with E-state index in [0.29, 0.717) is 11.3 Å². The molecule has 4 aliphatic heterocycles. The molecule has 0 unspecified atom stereocenters. The zero-order chi connectivity index (χ0) is 18.4. The molecular weight excluding hydrogens is 324 g/mol. The topological polar surface area (TPSA) is 82.1 Å². The van der Waals surface area contributed by atoms with Crippen LogP contribution in [0, 0.1) is 11.3 Å². The second-order valence-electron chi connectivity index (χ2n) is 7.94. The van der Waals surface area contributed by atoms with Gasteiger partial charge in [0.2, 0.25) is 11.6 Å². The van der Waals surface area contributed by atoms with Crippen LogP contribution in [0.3, 0.4) is 0 Å². The smallest absolute Gasteiger partial charge is 0.318 e. The maximum atomic E-state index is 12.7. The first kappa shape index (κ1) is 16.5. The van der Waals surface area contributed by atoms with Crippen molar-refractivity contribution in [1.82, 2.24) is 0 Å². The van der Waals surface area contributed by atoms with Gasteiger partial charge in [0.25, 0.3) is 0 Å². The van der Waals surface area contributed by atoms with Crippen molar-refractivity contribution in [1.29, 1.82) is 0 Å². The van der Waals surface area contributed by atoms with E-state index >= 15 is 0 Å². The molecule has 2 saturated heterocycles. The Morgan fingerprint density at radius 2 is 2.04 bits per heavy atom. The lowest BCUT2D eigenvalue weighted by molar-refractivity contribution is -0.219. The van der Waals surface area contributed by atoms with Gasteiger partial charge in [0.1, 0.15) is 17.3 Å². The van der Waals surface area contributed by atoms with E-state index in [1.54, 1.807) is 26.8 Å². The number of esters is 1. The number of rotatable bonds is 1. The SMILES string of the molecule is C=C(C)[C@@]1(O)O[C@H]2C[C@@]3(C)OC(=CC3=O)/C(C)=C\[C@@H]3OC(=O)[C@@]1(C)[C@@H]32. The molecule has 6 nitrogen and oxygen atoms in total. The lowest BCUT2D eigenvalue weighted by atomic mass is 9.67. The van der Waals surface area contributed by atoms with Gasteiger partial charge in [-0.15, -0.1) is 0 Å². The Morgan fingerprint density at radius 1 is 1.36 bits per heavy atom. The Kier molecular flexibility index (Phi) is 3.06. The summed E-state index contributed by atoms with van der Waals surface area (Å²) in [5, 5.41) is 11.2. The summed E-state index contributed by atoms with van der Waals surface area (Å²) < 4.78 is 17.5. The van der Waals surface area contributed by atoms with Gasteiger partial charge in [-0.1, -0.05) is 6.58 Å². The molecule has 25 heavy (non-hydrogen) atoms. The minimum Gasteiger partial charge on any atom is -0.479 e. The third-order valence-corrected chi connectivity index (χ3v) is 6.20. The minimum atomic E-state index is -1.84. The summed E-state index contributed by atoms with van der Waals surface area (Å²) in [6, 6.07) is 0. The summed E-state index contributed by atoms with van der Waals surface area (Å²) in [5.74, 6) is -2.45. The Balaban J connectivity index is 1.90. The molecule has 4 rings (SSSR count). The molecule has 134 valence electrons. The first-order valence-electron chi connectivity index (χ1n) is 8.44. The number of aliphatic hydroxyl groups is 1. The molecule has 0 amide bonds. The first-order chi connectivity index (χ1) is 11.5. The van der Waals surface area contributed by atoms with E-state index < -0.39 is 40.9 Å². The van der Waals surface area contributed by atoms with Crippen molar-refractivity contribution in [2.45, 2.75) is 57.7 Å². The number of carbonyl (C=O) groups is 2. The minimum absolute atomic E-state index is 0.144. The van der Waals surface area contributed by atoms with Gasteiger partial charge < -0.3 is 19.3 Å². The average Bonchev–Trinajstić information content (AvgIpc) is 3.03. The van der Waals surface area contributed by atoms with E-state index in [0.717, 1.165) is 5.57 Å². The lowest BCUT2D eigenvalue weighted by Crippen LogP contribution is -2.49. The predicted octanol–water partition coefficient (Wildman–Crippen LogP) is 1.79. The van der Waals surface area contributed by atoms with E-state index in [1.165, 1.54) is 6.08 Å². The van der Waals surface area contributed by atoms with Crippen molar-refractivity contribution >= 4 is 11.8 Å². The molecule has 4 heterocycles. The number of allylic oxidation sites excluding steroid dienone is 1. The van der Waals surface area contributed by atoms with Crippen LogP contribution in [0.5, 0.6) is 0 Å². The molecule has 0 aromatic rings. The summed E-state index contributed by atoms with van der Waals surface area (Å²) in [6.45, 7) is 10.6. The molecule has 2 fully saturated rings. The van der Waals surface area contributed by atoms with Crippen LogP contribution in [-0.4, -0.2) is 40.5 Å². The lowest BCUT2D eigenvalue weighted by Gasteiger charge is -2.34. The van der Waals surface area contributed by atoms with Gasteiger partial charge in [-0.3, -0.25) is 9.59 Å². The van der Waals surface area contributed by atoms with Gasteiger partial charge in [0.05, 0.1) is 6.10 Å². The van der Waals surface area contributed by atoms with Crippen molar-refractivity contribution in [2.24, 2.45) is 11.3 Å². The molecule has 0 saturated carbocycles. The number of ether oxygens (including phenoxy) is 3. The zero-order valence-corrected chi connectivity index (χ0v) is 14.8. The molecule has 0 spiro atoms. The molecule has 0 aromatic carbocycles. The van der Waals surface area contributed by atoms with Crippen LogP contribution in [0.2, 0.25) is 0 Å². The molecular formula is C19H22O6. The van der Waals surface area contributed by atoms with Crippen molar-refractivity contribution in [2.75, 3.05) is 0 Å². The Labute approximate surface area is 146 Å². The van der Waals surface area contributed by atoms with Crippen LogP contribution >= 0.6 is 0 Å². The van der Waals surface area contributed by atoms with E-state index in [9.17, 15) is 14.7 Å². The Bertz CT molecular complexity index is 779. The highest BCUT2D eigenvalue weighted by molar-refractivity contribution is 6.00. The Hall–Kier alpha value is -1.92. The fourth-order valence-corrected chi connectivity index (χ4v) is 4.64. The maximum Gasteiger partial charge on any atom is 0.318 e. The van der Waals surface area contributed by atoms with Crippen LogP contribution in [-0.2, 0) is 23.8 Å². The second-order valence-corrected chi connectivity index (χ2v) is 7.94. The van der Waals surface area contributed by atoms with Gasteiger partial charge in [0, 0.05) is 18.4 Å². The van der Waals surface area contributed by atoms with Gasteiger partial charge in [0.15, 0.2) is 5.60 Å². The zero-order valence-electron chi connectivity index (χ0n) is 14.8. The largest absolute Gasteiger partial charge is 0.479 e. The van der Waals surface area contributed by atoms with Crippen LogP contribution < -0.4 is 0 Å². The predicted molar refractivity (Wildman–Crippen MR) is 87.1 cm³/mol. The van der Waals surface area contributed by atoms with Crippen molar-refractivity contribution in [3.05, 3.63) is 35.6 Å². The fourth-order valence-electron chi connectivity index (χ4n) is 4.64. The standard InChI is InChI=1S/C19H22O6/c1-9(2)19(22)18(5)15-12(23-16(18)21)6-10(3)11-7-14(20)17(4,24-11)8-13(15)25-19/h6-7,12-13,15,22H,1,8H2,2-5H3/b10-6-/t12-,13-,15-,17+,18+,19+/m0/s1. The van der Waals surface area contributed by atoms with E-state index in [-0.39, 0.29) is 12.2 Å². The number of ketones is 1. The monoisotopic (exact) mass is 346 g/mol. The molecule has 0 aliphatic carbocycles. The van der Waals surface area contributed by atoms with E-state index in [1.807, 2.05) is 6.92 Å². The van der Waals surface area contributed by atoms with Crippen molar-refractivity contribution in [3.63, 3.8) is 0 Å². The summed E-state index contributed by atoms with van der Waals surface area (Å²) in [6.07, 6.45) is 2.33. The van der Waals surface area contributed by atoms with Crippen LogP contribution in [0.25, 0.3) is 0 Å². The van der Waals surface area contributed by atoms with Crippen LogP contribution in [0.4, 0.5) is 0 Å². The van der Waals surface area contributed by atoms with Gasteiger partial charge >= 0.3 is 5.97 Å². The van der Waals surface area contributed by atoms with E-state index in [2.05, 4.69) is 6.58 Å². The molecule has 4 aliphatic rings.